The van der Waals surface area contributed by atoms with Crippen LogP contribution in [-0.2, 0) is 6.42 Å². The van der Waals surface area contributed by atoms with Crippen LogP contribution >= 0.6 is 34.5 Å². The van der Waals surface area contributed by atoms with Crippen molar-refractivity contribution in [2.45, 2.75) is 19.3 Å². The lowest BCUT2D eigenvalue weighted by Crippen LogP contribution is -2.28. The van der Waals surface area contributed by atoms with Crippen molar-refractivity contribution in [1.82, 2.24) is 10.3 Å². The molecule has 2 rings (SSSR count). The molecule has 118 valence electrons. The van der Waals surface area contributed by atoms with Crippen molar-refractivity contribution in [3.05, 3.63) is 49.9 Å². The van der Waals surface area contributed by atoms with E-state index in [4.69, 9.17) is 28.9 Å². The SMILES string of the molecule is CC(CNC(=O)c1csc(CCN)n1)c1c(Cl)cccc1Cl. The quantitative estimate of drug-likeness (QED) is 0.831. The van der Waals surface area contributed by atoms with Gasteiger partial charge >= 0.3 is 0 Å². The number of rotatable bonds is 6. The van der Waals surface area contributed by atoms with Crippen molar-refractivity contribution in [2.75, 3.05) is 13.1 Å². The van der Waals surface area contributed by atoms with Crippen molar-refractivity contribution in [1.29, 1.82) is 0 Å². The highest BCUT2D eigenvalue weighted by Crippen LogP contribution is 2.30. The van der Waals surface area contributed by atoms with E-state index in [9.17, 15) is 4.79 Å². The van der Waals surface area contributed by atoms with Gasteiger partial charge in [0.2, 0.25) is 0 Å². The summed E-state index contributed by atoms with van der Waals surface area (Å²) in [6, 6.07) is 5.38. The average molecular weight is 358 g/mol. The van der Waals surface area contributed by atoms with Crippen LogP contribution in [0.1, 0.15) is 33.9 Å². The molecular formula is C15H17Cl2N3OS. The number of carbonyl (C=O) groups excluding carboxylic acids is 1. The molecule has 0 saturated heterocycles. The lowest BCUT2D eigenvalue weighted by atomic mass is 10.0. The predicted octanol–water partition coefficient (Wildman–Crippen LogP) is 3.48. The minimum atomic E-state index is -0.199. The van der Waals surface area contributed by atoms with Gasteiger partial charge in [-0.05, 0) is 24.2 Å². The van der Waals surface area contributed by atoms with Gasteiger partial charge in [-0.2, -0.15) is 0 Å². The van der Waals surface area contributed by atoms with E-state index in [1.165, 1.54) is 11.3 Å². The van der Waals surface area contributed by atoms with E-state index in [0.717, 1.165) is 10.6 Å². The number of aromatic nitrogens is 1. The number of nitrogens with zero attached hydrogens (tertiary/aromatic N) is 1. The topological polar surface area (TPSA) is 68.0 Å². The molecule has 1 atom stereocenters. The van der Waals surface area contributed by atoms with Gasteiger partial charge < -0.3 is 11.1 Å². The van der Waals surface area contributed by atoms with Crippen molar-refractivity contribution < 1.29 is 4.79 Å². The van der Waals surface area contributed by atoms with Gasteiger partial charge in [-0.25, -0.2) is 4.98 Å². The number of nitrogens with two attached hydrogens (primary N) is 1. The summed E-state index contributed by atoms with van der Waals surface area (Å²) in [6.07, 6.45) is 0.684. The maximum absolute atomic E-state index is 12.1. The number of nitrogens with one attached hydrogen (secondary N) is 1. The van der Waals surface area contributed by atoms with E-state index in [1.807, 2.05) is 6.92 Å². The van der Waals surface area contributed by atoms with E-state index in [2.05, 4.69) is 10.3 Å². The molecule has 0 bridgehead atoms. The fourth-order valence-corrected chi connectivity index (χ4v) is 3.64. The largest absolute Gasteiger partial charge is 0.350 e. The molecule has 22 heavy (non-hydrogen) atoms. The van der Waals surface area contributed by atoms with E-state index < -0.39 is 0 Å². The van der Waals surface area contributed by atoms with Gasteiger partial charge in [0.25, 0.3) is 5.91 Å². The van der Waals surface area contributed by atoms with Gasteiger partial charge in [-0.1, -0.05) is 36.2 Å². The predicted molar refractivity (Wildman–Crippen MR) is 92.1 cm³/mol. The first kappa shape index (κ1) is 17.2. The van der Waals surface area contributed by atoms with Crippen LogP contribution in [0.15, 0.2) is 23.6 Å². The van der Waals surface area contributed by atoms with Gasteiger partial charge in [-0.3, -0.25) is 4.79 Å². The molecule has 4 nitrogen and oxygen atoms in total. The second kappa shape index (κ2) is 7.92. The van der Waals surface area contributed by atoms with Crippen molar-refractivity contribution in [3.63, 3.8) is 0 Å². The van der Waals surface area contributed by atoms with E-state index in [0.29, 0.717) is 35.2 Å². The van der Waals surface area contributed by atoms with Crippen LogP contribution in [0.3, 0.4) is 0 Å². The maximum atomic E-state index is 12.1. The van der Waals surface area contributed by atoms with Crippen LogP contribution in [0, 0.1) is 0 Å². The molecule has 0 radical (unpaired) electrons. The van der Waals surface area contributed by atoms with Crippen molar-refractivity contribution >= 4 is 40.4 Å². The molecular weight excluding hydrogens is 341 g/mol. The summed E-state index contributed by atoms with van der Waals surface area (Å²) in [5.41, 5.74) is 6.74. The van der Waals surface area contributed by atoms with Gasteiger partial charge in [-0.15, -0.1) is 11.3 Å². The molecule has 7 heteroatoms. The first-order valence-corrected chi connectivity index (χ1v) is 8.53. The highest BCUT2D eigenvalue weighted by Gasteiger charge is 2.16. The van der Waals surface area contributed by atoms with Crippen LogP contribution in [-0.4, -0.2) is 24.0 Å². The minimum absolute atomic E-state index is 0.00676. The zero-order chi connectivity index (χ0) is 16.1. The van der Waals surface area contributed by atoms with Gasteiger partial charge in [0.05, 0.1) is 5.01 Å². The normalized spacial score (nSPS) is 12.2. The van der Waals surface area contributed by atoms with Crippen LogP contribution in [0.25, 0.3) is 0 Å². The van der Waals surface area contributed by atoms with Gasteiger partial charge in [0, 0.05) is 34.3 Å². The number of hydrogen-bond acceptors (Lipinski definition) is 4. The van der Waals surface area contributed by atoms with E-state index in [1.54, 1.807) is 23.6 Å². The van der Waals surface area contributed by atoms with Crippen LogP contribution in [0.2, 0.25) is 10.0 Å². The number of hydrogen-bond donors (Lipinski definition) is 2. The van der Waals surface area contributed by atoms with Crippen LogP contribution < -0.4 is 11.1 Å². The van der Waals surface area contributed by atoms with Crippen molar-refractivity contribution in [2.24, 2.45) is 5.73 Å². The molecule has 3 N–H and O–H groups in total. The highest BCUT2D eigenvalue weighted by molar-refractivity contribution is 7.09. The number of amides is 1. The van der Waals surface area contributed by atoms with E-state index in [-0.39, 0.29) is 11.8 Å². The molecule has 1 heterocycles. The Morgan fingerprint density at radius 2 is 2.09 bits per heavy atom. The Morgan fingerprint density at radius 1 is 1.41 bits per heavy atom. The monoisotopic (exact) mass is 357 g/mol. The third-order valence-corrected chi connectivity index (χ3v) is 4.77. The number of halogens is 2. The molecule has 1 aromatic carbocycles. The molecule has 0 aliphatic heterocycles. The van der Waals surface area contributed by atoms with Crippen LogP contribution in [0.5, 0.6) is 0 Å². The molecule has 1 amide bonds. The molecule has 2 aromatic rings. The number of thiazole rings is 1. The summed E-state index contributed by atoms with van der Waals surface area (Å²) in [5.74, 6) is -0.193. The van der Waals surface area contributed by atoms with E-state index >= 15 is 0 Å². The van der Waals surface area contributed by atoms with Crippen LogP contribution in [0.4, 0.5) is 0 Å². The molecule has 0 spiro atoms. The second-order valence-electron chi connectivity index (χ2n) is 4.91. The van der Waals surface area contributed by atoms with Gasteiger partial charge in [0.1, 0.15) is 5.69 Å². The molecule has 1 aromatic heterocycles. The summed E-state index contributed by atoms with van der Waals surface area (Å²) in [6.45, 7) is 2.93. The number of benzene rings is 1. The smallest absolute Gasteiger partial charge is 0.270 e. The summed E-state index contributed by atoms with van der Waals surface area (Å²) >= 11 is 13.8. The Labute approximate surface area is 143 Å². The molecule has 0 saturated carbocycles. The molecule has 0 aliphatic carbocycles. The summed E-state index contributed by atoms with van der Waals surface area (Å²) in [4.78, 5) is 16.4. The first-order chi connectivity index (χ1) is 10.5. The zero-order valence-electron chi connectivity index (χ0n) is 12.1. The Kier molecular flexibility index (Phi) is 6.20. The fourth-order valence-electron chi connectivity index (χ4n) is 2.07. The lowest BCUT2D eigenvalue weighted by molar-refractivity contribution is 0.0947. The average Bonchev–Trinajstić information content (AvgIpc) is 2.93. The fraction of sp³-hybridized carbons (Fsp3) is 0.333. The Balaban J connectivity index is 1.98. The number of carbonyl (C=O) groups is 1. The Morgan fingerprint density at radius 3 is 2.73 bits per heavy atom. The maximum Gasteiger partial charge on any atom is 0.270 e. The summed E-state index contributed by atoms with van der Waals surface area (Å²) in [5, 5.41) is 6.69. The lowest BCUT2D eigenvalue weighted by Gasteiger charge is -2.15. The Hall–Kier alpha value is -1.14. The first-order valence-electron chi connectivity index (χ1n) is 6.89. The third-order valence-electron chi connectivity index (χ3n) is 3.20. The minimum Gasteiger partial charge on any atom is -0.350 e. The Bertz CT molecular complexity index is 640. The van der Waals surface area contributed by atoms with Gasteiger partial charge in [0.15, 0.2) is 0 Å². The van der Waals surface area contributed by atoms with Crippen molar-refractivity contribution in [3.8, 4) is 0 Å². The second-order valence-corrected chi connectivity index (χ2v) is 6.67. The molecule has 0 aliphatic rings. The molecule has 1 unspecified atom stereocenters. The molecule has 0 fully saturated rings. The standard InChI is InChI=1S/C15H17Cl2N3OS/c1-9(14-10(16)3-2-4-11(14)17)7-19-15(21)12-8-22-13(20-12)5-6-18/h2-4,8-9H,5-7,18H2,1H3,(H,19,21). The third kappa shape index (κ3) is 4.20. The zero-order valence-corrected chi connectivity index (χ0v) is 14.4. The summed E-state index contributed by atoms with van der Waals surface area (Å²) in [7, 11) is 0. The summed E-state index contributed by atoms with van der Waals surface area (Å²) < 4.78 is 0. The highest BCUT2D eigenvalue weighted by atomic mass is 35.5.